The first-order chi connectivity index (χ1) is 12.6. The molecule has 1 saturated heterocycles. The predicted molar refractivity (Wildman–Crippen MR) is 94.9 cm³/mol. The summed E-state index contributed by atoms with van der Waals surface area (Å²) in [6.07, 6.45) is 0. The van der Waals surface area contributed by atoms with Crippen molar-refractivity contribution in [3.63, 3.8) is 0 Å². The van der Waals surface area contributed by atoms with Gasteiger partial charge in [0.15, 0.2) is 6.61 Å². The Kier molecular flexibility index (Phi) is 5.33. The van der Waals surface area contributed by atoms with Gasteiger partial charge >= 0.3 is 11.8 Å². The van der Waals surface area contributed by atoms with E-state index < -0.39 is 11.8 Å². The molecule has 1 heterocycles. The number of nitrogens with one attached hydrogen (secondary N) is 1. The molecule has 8 nitrogen and oxygen atoms in total. The average Bonchev–Trinajstić information content (AvgIpc) is 2.70. The Labute approximate surface area is 150 Å². The standard InChI is InChI=1S/C18H20N4O4/c19-20-17(24)18(25)22-10-8-21(9-11-22)16(23)12-26-15-7-3-5-13-4-1-2-6-14(13)15/h1-7H,8-12,19H2,(H,20,24). The molecular formula is C18H20N4O4. The Morgan fingerprint density at radius 1 is 0.962 bits per heavy atom. The lowest BCUT2D eigenvalue weighted by atomic mass is 10.1. The van der Waals surface area contributed by atoms with E-state index in [2.05, 4.69) is 0 Å². The number of hydrogen-bond donors (Lipinski definition) is 2. The first kappa shape index (κ1) is 17.7. The van der Waals surface area contributed by atoms with Gasteiger partial charge in [0.25, 0.3) is 5.91 Å². The smallest absolute Gasteiger partial charge is 0.323 e. The molecule has 2 aromatic carbocycles. The number of nitrogens with zero attached hydrogens (tertiary/aromatic N) is 2. The maximum absolute atomic E-state index is 12.4. The highest BCUT2D eigenvalue weighted by atomic mass is 16.5. The van der Waals surface area contributed by atoms with Gasteiger partial charge in [0.05, 0.1) is 0 Å². The number of carbonyl (C=O) groups excluding carboxylic acids is 3. The second-order valence-corrected chi connectivity index (χ2v) is 5.91. The van der Waals surface area contributed by atoms with Crippen molar-refractivity contribution in [2.75, 3.05) is 32.8 Å². The third-order valence-corrected chi connectivity index (χ3v) is 4.35. The van der Waals surface area contributed by atoms with Gasteiger partial charge in [-0.2, -0.15) is 0 Å². The van der Waals surface area contributed by atoms with Gasteiger partial charge in [-0.15, -0.1) is 0 Å². The van der Waals surface area contributed by atoms with Gasteiger partial charge in [-0.1, -0.05) is 36.4 Å². The Hall–Kier alpha value is -3.13. The minimum absolute atomic E-state index is 0.0781. The van der Waals surface area contributed by atoms with Crippen LogP contribution in [0.25, 0.3) is 10.8 Å². The molecule has 3 rings (SSSR count). The van der Waals surface area contributed by atoms with E-state index in [9.17, 15) is 14.4 Å². The van der Waals surface area contributed by atoms with Crippen LogP contribution in [-0.2, 0) is 14.4 Å². The average molecular weight is 356 g/mol. The van der Waals surface area contributed by atoms with Crippen molar-refractivity contribution in [3.8, 4) is 5.75 Å². The molecule has 2 aromatic rings. The summed E-state index contributed by atoms with van der Waals surface area (Å²) < 4.78 is 5.71. The normalized spacial score (nSPS) is 14.2. The summed E-state index contributed by atoms with van der Waals surface area (Å²) in [5, 5.41) is 1.99. The van der Waals surface area contributed by atoms with Crippen LogP contribution in [0.3, 0.4) is 0 Å². The van der Waals surface area contributed by atoms with E-state index in [1.54, 1.807) is 4.90 Å². The quantitative estimate of drug-likeness (QED) is 0.345. The minimum Gasteiger partial charge on any atom is -0.483 e. The molecule has 0 saturated carbocycles. The Morgan fingerprint density at radius 2 is 1.62 bits per heavy atom. The molecule has 3 amide bonds. The van der Waals surface area contributed by atoms with Gasteiger partial charge in [0, 0.05) is 31.6 Å². The maximum Gasteiger partial charge on any atom is 0.323 e. The fourth-order valence-electron chi connectivity index (χ4n) is 2.92. The molecule has 1 aliphatic rings. The van der Waals surface area contributed by atoms with E-state index in [-0.39, 0.29) is 25.6 Å². The SMILES string of the molecule is NNC(=O)C(=O)N1CCN(C(=O)COc2cccc3ccccc23)CC1. The third-order valence-electron chi connectivity index (χ3n) is 4.35. The molecule has 0 atom stereocenters. The number of carbonyl (C=O) groups is 3. The number of hydrogen-bond acceptors (Lipinski definition) is 5. The summed E-state index contributed by atoms with van der Waals surface area (Å²) in [6, 6.07) is 13.5. The molecule has 0 aromatic heterocycles. The summed E-state index contributed by atoms with van der Waals surface area (Å²) in [5.74, 6) is 3.91. The second kappa shape index (κ2) is 7.83. The lowest BCUT2D eigenvalue weighted by Gasteiger charge is -2.34. The number of piperazine rings is 1. The van der Waals surface area contributed by atoms with Crippen LogP contribution in [-0.4, -0.2) is 60.3 Å². The second-order valence-electron chi connectivity index (χ2n) is 5.91. The Balaban J connectivity index is 1.55. The first-order valence-electron chi connectivity index (χ1n) is 8.28. The van der Waals surface area contributed by atoms with Crippen molar-refractivity contribution in [1.29, 1.82) is 0 Å². The zero-order valence-corrected chi connectivity index (χ0v) is 14.2. The topological polar surface area (TPSA) is 105 Å². The molecule has 0 aliphatic carbocycles. The van der Waals surface area contributed by atoms with E-state index in [4.69, 9.17) is 10.6 Å². The van der Waals surface area contributed by atoms with Gasteiger partial charge in [0.2, 0.25) is 0 Å². The van der Waals surface area contributed by atoms with E-state index in [0.717, 1.165) is 10.8 Å². The molecule has 1 aliphatic heterocycles. The van der Waals surface area contributed by atoms with E-state index >= 15 is 0 Å². The highest BCUT2D eigenvalue weighted by molar-refractivity contribution is 6.34. The van der Waals surface area contributed by atoms with Crippen LogP contribution in [0, 0.1) is 0 Å². The van der Waals surface area contributed by atoms with E-state index in [1.807, 2.05) is 47.9 Å². The molecule has 3 N–H and O–H groups in total. The van der Waals surface area contributed by atoms with Crippen molar-refractivity contribution < 1.29 is 19.1 Å². The minimum atomic E-state index is -0.857. The molecule has 0 unspecified atom stereocenters. The van der Waals surface area contributed by atoms with Crippen LogP contribution in [0.1, 0.15) is 0 Å². The molecular weight excluding hydrogens is 336 g/mol. The lowest BCUT2D eigenvalue weighted by Crippen LogP contribution is -2.55. The largest absolute Gasteiger partial charge is 0.483 e. The summed E-state index contributed by atoms with van der Waals surface area (Å²) in [7, 11) is 0. The summed E-state index contributed by atoms with van der Waals surface area (Å²) >= 11 is 0. The molecule has 0 bridgehead atoms. The number of benzene rings is 2. The van der Waals surface area contributed by atoms with Gasteiger partial charge in [-0.3, -0.25) is 19.8 Å². The summed E-state index contributed by atoms with van der Waals surface area (Å²) in [4.78, 5) is 38.4. The first-order valence-corrected chi connectivity index (χ1v) is 8.28. The maximum atomic E-state index is 12.4. The predicted octanol–water partition coefficient (Wildman–Crippen LogP) is -0.121. The van der Waals surface area contributed by atoms with Gasteiger partial charge < -0.3 is 14.5 Å². The number of rotatable bonds is 3. The summed E-state index contributed by atoms with van der Waals surface area (Å²) in [5.41, 5.74) is 1.82. The van der Waals surface area contributed by atoms with Gasteiger partial charge in [-0.25, -0.2) is 5.84 Å². The zero-order chi connectivity index (χ0) is 18.5. The molecule has 26 heavy (non-hydrogen) atoms. The Morgan fingerprint density at radius 3 is 2.35 bits per heavy atom. The number of nitrogens with two attached hydrogens (primary N) is 1. The fraction of sp³-hybridized carbons (Fsp3) is 0.278. The van der Waals surface area contributed by atoms with E-state index in [0.29, 0.717) is 18.8 Å². The monoisotopic (exact) mass is 356 g/mol. The molecule has 136 valence electrons. The van der Waals surface area contributed by atoms with Crippen molar-refractivity contribution in [2.45, 2.75) is 0 Å². The number of hydrazine groups is 1. The van der Waals surface area contributed by atoms with Crippen molar-refractivity contribution in [3.05, 3.63) is 42.5 Å². The highest BCUT2D eigenvalue weighted by Gasteiger charge is 2.27. The van der Waals surface area contributed by atoms with E-state index in [1.165, 1.54) is 4.90 Å². The van der Waals surface area contributed by atoms with Crippen LogP contribution in [0.5, 0.6) is 5.75 Å². The summed E-state index contributed by atoms with van der Waals surface area (Å²) in [6.45, 7) is 1.19. The highest BCUT2D eigenvalue weighted by Crippen LogP contribution is 2.25. The molecule has 0 radical (unpaired) electrons. The molecule has 0 spiro atoms. The fourth-order valence-corrected chi connectivity index (χ4v) is 2.92. The number of fused-ring (bicyclic) bond motifs is 1. The van der Waals surface area contributed by atoms with Crippen LogP contribution in [0.15, 0.2) is 42.5 Å². The van der Waals surface area contributed by atoms with Crippen LogP contribution in [0.2, 0.25) is 0 Å². The van der Waals surface area contributed by atoms with Crippen molar-refractivity contribution >= 4 is 28.5 Å². The van der Waals surface area contributed by atoms with Crippen molar-refractivity contribution in [1.82, 2.24) is 15.2 Å². The zero-order valence-electron chi connectivity index (χ0n) is 14.2. The van der Waals surface area contributed by atoms with Crippen LogP contribution >= 0.6 is 0 Å². The Bertz CT molecular complexity index is 826. The molecule has 1 fully saturated rings. The number of ether oxygens (including phenoxy) is 1. The van der Waals surface area contributed by atoms with Crippen LogP contribution in [0.4, 0.5) is 0 Å². The van der Waals surface area contributed by atoms with Crippen LogP contribution < -0.4 is 16.0 Å². The third kappa shape index (κ3) is 3.75. The van der Waals surface area contributed by atoms with Crippen molar-refractivity contribution in [2.24, 2.45) is 5.84 Å². The van der Waals surface area contributed by atoms with Gasteiger partial charge in [-0.05, 0) is 11.5 Å². The molecule has 8 heteroatoms. The van der Waals surface area contributed by atoms with Gasteiger partial charge in [0.1, 0.15) is 5.75 Å². The number of amides is 3. The lowest BCUT2D eigenvalue weighted by molar-refractivity contribution is -0.148.